The van der Waals surface area contributed by atoms with Gasteiger partial charge in [-0.1, -0.05) is 19.1 Å². The Labute approximate surface area is 112 Å². The van der Waals surface area contributed by atoms with E-state index >= 15 is 0 Å². The molecule has 1 aromatic carbocycles. The summed E-state index contributed by atoms with van der Waals surface area (Å²) in [5, 5.41) is 14.4. The SMILES string of the molecule is CC1CC(NC(=O)NCc2ccc(C(=O)O)cc2)C1. The zero-order valence-corrected chi connectivity index (χ0v) is 10.8. The van der Waals surface area contributed by atoms with Crippen LogP contribution in [0.5, 0.6) is 0 Å². The fourth-order valence-corrected chi connectivity index (χ4v) is 2.20. The van der Waals surface area contributed by atoms with E-state index in [0.717, 1.165) is 18.4 Å². The van der Waals surface area contributed by atoms with E-state index in [0.29, 0.717) is 18.5 Å². The lowest BCUT2D eigenvalue weighted by Gasteiger charge is -2.33. The fourth-order valence-electron chi connectivity index (χ4n) is 2.20. The van der Waals surface area contributed by atoms with Gasteiger partial charge >= 0.3 is 12.0 Å². The molecule has 0 unspecified atom stereocenters. The summed E-state index contributed by atoms with van der Waals surface area (Å²) in [5.74, 6) is -0.245. The lowest BCUT2D eigenvalue weighted by atomic mass is 9.82. The van der Waals surface area contributed by atoms with Gasteiger partial charge in [0.1, 0.15) is 0 Å². The molecular formula is C14H18N2O3. The highest BCUT2D eigenvalue weighted by Crippen LogP contribution is 2.25. The highest BCUT2D eigenvalue weighted by Gasteiger charge is 2.26. The molecular weight excluding hydrogens is 244 g/mol. The van der Waals surface area contributed by atoms with Gasteiger partial charge in [-0.3, -0.25) is 0 Å². The molecule has 5 nitrogen and oxygen atoms in total. The Morgan fingerprint density at radius 1 is 1.26 bits per heavy atom. The van der Waals surface area contributed by atoms with E-state index in [1.807, 2.05) is 0 Å². The molecule has 1 aromatic rings. The van der Waals surface area contributed by atoms with E-state index in [1.165, 1.54) is 12.1 Å². The van der Waals surface area contributed by atoms with Crippen LogP contribution in [0.4, 0.5) is 4.79 Å². The number of amides is 2. The van der Waals surface area contributed by atoms with Crippen LogP contribution >= 0.6 is 0 Å². The van der Waals surface area contributed by atoms with E-state index in [-0.39, 0.29) is 11.6 Å². The van der Waals surface area contributed by atoms with Crippen molar-refractivity contribution in [1.29, 1.82) is 0 Å². The minimum absolute atomic E-state index is 0.167. The van der Waals surface area contributed by atoms with Crippen LogP contribution in [0.25, 0.3) is 0 Å². The number of benzene rings is 1. The summed E-state index contributed by atoms with van der Waals surface area (Å²) in [4.78, 5) is 22.3. The summed E-state index contributed by atoms with van der Waals surface area (Å²) in [5.41, 5.74) is 1.12. The number of urea groups is 1. The van der Waals surface area contributed by atoms with E-state index in [2.05, 4.69) is 17.6 Å². The number of rotatable bonds is 4. The van der Waals surface area contributed by atoms with Gasteiger partial charge in [0.25, 0.3) is 0 Å². The predicted molar refractivity (Wildman–Crippen MR) is 71.0 cm³/mol. The van der Waals surface area contributed by atoms with Crippen molar-refractivity contribution in [3.8, 4) is 0 Å². The van der Waals surface area contributed by atoms with E-state index in [1.54, 1.807) is 12.1 Å². The third-order valence-corrected chi connectivity index (χ3v) is 3.36. The number of carbonyl (C=O) groups is 2. The second-order valence-electron chi connectivity index (χ2n) is 5.10. The van der Waals surface area contributed by atoms with Crippen LogP contribution in [0.3, 0.4) is 0 Å². The van der Waals surface area contributed by atoms with Gasteiger partial charge in [-0.25, -0.2) is 9.59 Å². The second-order valence-corrected chi connectivity index (χ2v) is 5.10. The molecule has 1 aliphatic carbocycles. The molecule has 0 heterocycles. The lowest BCUT2D eigenvalue weighted by Crippen LogP contribution is -2.47. The summed E-state index contributed by atoms with van der Waals surface area (Å²) in [7, 11) is 0. The highest BCUT2D eigenvalue weighted by atomic mass is 16.4. The standard InChI is InChI=1S/C14H18N2O3/c1-9-6-12(7-9)16-14(19)15-8-10-2-4-11(5-3-10)13(17)18/h2-5,9,12H,6-8H2,1H3,(H,17,18)(H2,15,16,19). The summed E-state index contributed by atoms with van der Waals surface area (Å²) < 4.78 is 0. The van der Waals surface area contributed by atoms with E-state index < -0.39 is 5.97 Å². The first-order chi connectivity index (χ1) is 9.04. The van der Waals surface area contributed by atoms with Crippen LogP contribution in [-0.2, 0) is 6.54 Å². The number of hydrogen-bond acceptors (Lipinski definition) is 2. The predicted octanol–water partition coefficient (Wildman–Crippen LogP) is 1.98. The molecule has 0 radical (unpaired) electrons. The molecule has 0 aliphatic heterocycles. The minimum atomic E-state index is -0.948. The highest BCUT2D eigenvalue weighted by molar-refractivity contribution is 5.87. The molecule has 102 valence electrons. The first-order valence-corrected chi connectivity index (χ1v) is 6.41. The Bertz CT molecular complexity index is 464. The molecule has 0 spiro atoms. The van der Waals surface area contributed by atoms with Crippen molar-refractivity contribution in [1.82, 2.24) is 10.6 Å². The molecule has 0 atom stereocenters. The van der Waals surface area contributed by atoms with Crippen molar-refractivity contribution in [2.45, 2.75) is 32.4 Å². The Balaban J connectivity index is 1.75. The van der Waals surface area contributed by atoms with Crippen LogP contribution in [0.2, 0.25) is 0 Å². The first-order valence-electron chi connectivity index (χ1n) is 6.41. The molecule has 1 saturated carbocycles. The minimum Gasteiger partial charge on any atom is -0.478 e. The Hall–Kier alpha value is -2.04. The van der Waals surface area contributed by atoms with Crippen LogP contribution in [0, 0.1) is 5.92 Å². The van der Waals surface area contributed by atoms with Gasteiger partial charge in [0.05, 0.1) is 5.56 Å². The summed E-state index contributed by atoms with van der Waals surface area (Å²) in [6, 6.07) is 6.60. The molecule has 0 saturated heterocycles. The van der Waals surface area contributed by atoms with Gasteiger partial charge in [-0.2, -0.15) is 0 Å². The van der Waals surface area contributed by atoms with Gasteiger partial charge in [0, 0.05) is 12.6 Å². The molecule has 19 heavy (non-hydrogen) atoms. The maximum Gasteiger partial charge on any atom is 0.335 e. The van der Waals surface area contributed by atoms with Gasteiger partial charge in [0.15, 0.2) is 0 Å². The normalized spacial score (nSPS) is 21.3. The van der Waals surface area contributed by atoms with E-state index in [9.17, 15) is 9.59 Å². The molecule has 1 aliphatic rings. The molecule has 2 amide bonds. The zero-order chi connectivity index (χ0) is 13.8. The van der Waals surface area contributed by atoms with Crippen molar-refractivity contribution in [2.24, 2.45) is 5.92 Å². The van der Waals surface area contributed by atoms with Crippen LogP contribution < -0.4 is 10.6 Å². The largest absolute Gasteiger partial charge is 0.478 e. The molecule has 5 heteroatoms. The summed E-state index contributed by atoms with van der Waals surface area (Å²) in [6.07, 6.45) is 2.08. The number of carboxylic acids is 1. The molecule has 0 bridgehead atoms. The number of carboxylic acid groups (broad SMARTS) is 1. The van der Waals surface area contributed by atoms with Crippen LogP contribution in [-0.4, -0.2) is 23.1 Å². The van der Waals surface area contributed by atoms with Gasteiger partial charge in [-0.15, -0.1) is 0 Å². The maximum atomic E-state index is 11.6. The quantitative estimate of drug-likeness (QED) is 0.776. The van der Waals surface area contributed by atoms with Crippen molar-refractivity contribution in [3.05, 3.63) is 35.4 Å². The molecule has 1 fully saturated rings. The van der Waals surface area contributed by atoms with Gasteiger partial charge in [-0.05, 0) is 36.5 Å². The number of hydrogen-bond donors (Lipinski definition) is 3. The lowest BCUT2D eigenvalue weighted by molar-refractivity contribution is 0.0697. The molecule has 2 rings (SSSR count). The average molecular weight is 262 g/mol. The van der Waals surface area contributed by atoms with Gasteiger partial charge in [0.2, 0.25) is 0 Å². The maximum absolute atomic E-state index is 11.6. The Morgan fingerprint density at radius 3 is 2.42 bits per heavy atom. The number of aromatic carboxylic acids is 1. The zero-order valence-electron chi connectivity index (χ0n) is 10.8. The van der Waals surface area contributed by atoms with E-state index in [4.69, 9.17) is 5.11 Å². The fraction of sp³-hybridized carbons (Fsp3) is 0.429. The monoisotopic (exact) mass is 262 g/mol. The van der Waals surface area contributed by atoms with Crippen molar-refractivity contribution in [2.75, 3.05) is 0 Å². The van der Waals surface area contributed by atoms with Crippen molar-refractivity contribution in [3.63, 3.8) is 0 Å². The third-order valence-electron chi connectivity index (χ3n) is 3.36. The average Bonchev–Trinajstić information content (AvgIpc) is 2.35. The van der Waals surface area contributed by atoms with Crippen molar-refractivity contribution >= 4 is 12.0 Å². The van der Waals surface area contributed by atoms with Crippen molar-refractivity contribution < 1.29 is 14.7 Å². The molecule has 3 N–H and O–H groups in total. The Morgan fingerprint density at radius 2 is 1.89 bits per heavy atom. The molecule has 0 aromatic heterocycles. The topological polar surface area (TPSA) is 78.4 Å². The number of carbonyl (C=O) groups excluding carboxylic acids is 1. The van der Waals surface area contributed by atoms with Crippen LogP contribution in [0.15, 0.2) is 24.3 Å². The smallest absolute Gasteiger partial charge is 0.335 e. The Kier molecular flexibility index (Phi) is 4.04. The first kappa shape index (κ1) is 13.4. The summed E-state index contributed by atoms with van der Waals surface area (Å²) >= 11 is 0. The van der Waals surface area contributed by atoms with Crippen LogP contribution in [0.1, 0.15) is 35.7 Å². The summed E-state index contributed by atoms with van der Waals surface area (Å²) in [6.45, 7) is 2.56. The second kappa shape index (κ2) is 5.73. The number of nitrogens with one attached hydrogen (secondary N) is 2. The van der Waals surface area contributed by atoms with Gasteiger partial charge < -0.3 is 15.7 Å². The third kappa shape index (κ3) is 3.71.